The summed E-state index contributed by atoms with van der Waals surface area (Å²) in [7, 11) is 0. The van der Waals surface area contributed by atoms with Crippen molar-refractivity contribution < 1.29 is 9.18 Å². The molecular formula is C18H18BrFN2O. The van der Waals surface area contributed by atoms with E-state index in [0.717, 1.165) is 25.9 Å². The fourth-order valence-electron chi connectivity index (χ4n) is 3.23. The van der Waals surface area contributed by atoms with Crippen LogP contribution in [0, 0.1) is 5.82 Å². The van der Waals surface area contributed by atoms with Crippen LogP contribution in [0.3, 0.4) is 0 Å². The first-order valence-corrected chi connectivity index (χ1v) is 8.44. The van der Waals surface area contributed by atoms with E-state index in [9.17, 15) is 9.18 Å². The maximum atomic E-state index is 14.1. The molecule has 23 heavy (non-hydrogen) atoms. The van der Waals surface area contributed by atoms with Gasteiger partial charge in [-0.1, -0.05) is 46.3 Å². The van der Waals surface area contributed by atoms with E-state index in [4.69, 9.17) is 5.73 Å². The Morgan fingerprint density at radius 2 is 1.83 bits per heavy atom. The third kappa shape index (κ3) is 3.39. The van der Waals surface area contributed by atoms with Gasteiger partial charge in [-0.3, -0.25) is 4.79 Å². The second-order valence-electron chi connectivity index (χ2n) is 5.82. The van der Waals surface area contributed by atoms with Gasteiger partial charge in [0.05, 0.1) is 11.3 Å². The van der Waals surface area contributed by atoms with Gasteiger partial charge >= 0.3 is 0 Å². The Hall–Kier alpha value is -1.88. The molecule has 1 aliphatic rings. The summed E-state index contributed by atoms with van der Waals surface area (Å²) >= 11 is 3.29. The third-order valence-electron chi connectivity index (χ3n) is 4.39. The number of nitrogens with two attached hydrogens (primary N) is 1. The first kappa shape index (κ1) is 16.0. The molecule has 0 bridgehead atoms. The molecule has 0 spiro atoms. The van der Waals surface area contributed by atoms with Gasteiger partial charge in [0.1, 0.15) is 5.82 Å². The Morgan fingerprint density at radius 3 is 2.43 bits per heavy atom. The summed E-state index contributed by atoms with van der Waals surface area (Å²) in [6, 6.07) is 13.5. The van der Waals surface area contributed by atoms with Crippen LogP contribution in [0.1, 0.15) is 34.7 Å². The van der Waals surface area contributed by atoms with Crippen molar-refractivity contribution in [3.05, 3.63) is 63.9 Å². The van der Waals surface area contributed by atoms with Crippen molar-refractivity contribution >= 4 is 27.5 Å². The predicted molar refractivity (Wildman–Crippen MR) is 93.2 cm³/mol. The molecule has 1 heterocycles. The van der Waals surface area contributed by atoms with Crippen molar-refractivity contribution in [1.82, 2.24) is 0 Å². The number of primary amides is 1. The van der Waals surface area contributed by atoms with E-state index in [1.165, 1.54) is 11.6 Å². The lowest BCUT2D eigenvalue weighted by Crippen LogP contribution is -2.34. The SMILES string of the molecule is NC(=O)c1c(F)cc(Br)cc1N1CCC(c2ccccc2)CC1. The smallest absolute Gasteiger partial charge is 0.253 e. The van der Waals surface area contributed by atoms with Gasteiger partial charge in [-0.05, 0) is 36.5 Å². The first-order chi connectivity index (χ1) is 11.1. The Bertz CT molecular complexity index is 712. The Balaban J connectivity index is 1.82. The highest BCUT2D eigenvalue weighted by Crippen LogP contribution is 2.34. The summed E-state index contributed by atoms with van der Waals surface area (Å²) in [4.78, 5) is 13.7. The molecule has 0 atom stereocenters. The van der Waals surface area contributed by atoms with Crippen LogP contribution in [0.2, 0.25) is 0 Å². The second kappa shape index (κ2) is 6.71. The molecule has 5 heteroatoms. The highest BCUT2D eigenvalue weighted by molar-refractivity contribution is 9.10. The van der Waals surface area contributed by atoms with Crippen LogP contribution in [0.15, 0.2) is 46.9 Å². The standard InChI is InChI=1S/C18H18BrFN2O/c19-14-10-15(20)17(18(21)23)16(11-14)22-8-6-13(7-9-22)12-4-2-1-3-5-12/h1-5,10-11,13H,6-9H2,(H2,21,23). The largest absolute Gasteiger partial charge is 0.371 e. The summed E-state index contributed by atoms with van der Waals surface area (Å²) in [6.45, 7) is 1.55. The van der Waals surface area contributed by atoms with Crippen molar-refractivity contribution in [3.8, 4) is 0 Å². The zero-order chi connectivity index (χ0) is 16.4. The average Bonchev–Trinajstić information content (AvgIpc) is 2.54. The molecular weight excluding hydrogens is 359 g/mol. The summed E-state index contributed by atoms with van der Waals surface area (Å²) in [5.74, 6) is -0.802. The van der Waals surface area contributed by atoms with E-state index >= 15 is 0 Å². The number of amides is 1. The van der Waals surface area contributed by atoms with E-state index in [-0.39, 0.29) is 5.56 Å². The van der Waals surface area contributed by atoms with Crippen LogP contribution in [0.25, 0.3) is 0 Å². The lowest BCUT2D eigenvalue weighted by atomic mass is 9.89. The van der Waals surface area contributed by atoms with E-state index in [1.54, 1.807) is 6.07 Å². The molecule has 1 fully saturated rings. The molecule has 1 amide bonds. The van der Waals surface area contributed by atoms with Crippen molar-refractivity contribution in [3.63, 3.8) is 0 Å². The van der Waals surface area contributed by atoms with Gasteiger partial charge in [0.25, 0.3) is 5.91 Å². The monoisotopic (exact) mass is 376 g/mol. The van der Waals surface area contributed by atoms with E-state index in [1.807, 2.05) is 11.0 Å². The molecule has 2 aromatic carbocycles. The van der Waals surface area contributed by atoms with Crippen LogP contribution in [0.4, 0.5) is 10.1 Å². The van der Waals surface area contributed by atoms with Gasteiger partial charge in [0, 0.05) is 17.6 Å². The number of carbonyl (C=O) groups excluding carboxylic acids is 1. The van der Waals surface area contributed by atoms with Gasteiger partial charge < -0.3 is 10.6 Å². The van der Waals surface area contributed by atoms with Crippen LogP contribution < -0.4 is 10.6 Å². The number of nitrogens with zero attached hydrogens (tertiary/aromatic N) is 1. The molecule has 1 saturated heterocycles. The fourth-order valence-corrected chi connectivity index (χ4v) is 3.65. The highest BCUT2D eigenvalue weighted by atomic mass is 79.9. The van der Waals surface area contributed by atoms with E-state index in [0.29, 0.717) is 16.1 Å². The van der Waals surface area contributed by atoms with Crippen LogP contribution >= 0.6 is 15.9 Å². The summed E-state index contributed by atoms with van der Waals surface area (Å²) in [6.07, 6.45) is 1.94. The quantitative estimate of drug-likeness (QED) is 0.877. The molecule has 0 radical (unpaired) electrons. The lowest BCUT2D eigenvalue weighted by Gasteiger charge is -2.34. The normalized spacial score (nSPS) is 15.7. The van der Waals surface area contributed by atoms with Crippen LogP contribution in [0.5, 0.6) is 0 Å². The van der Waals surface area contributed by atoms with Gasteiger partial charge in [-0.2, -0.15) is 0 Å². The average molecular weight is 377 g/mol. The number of rotatable bonds is 3. The zero-order valence-corrected chi connectivity index (χ0v) is 14.2. The molecule has 0 unspecified atom stereocenters. The Morgan fingerprint density at radius 1 is 1.17 bits per heavy atom. The maximum absolute atomic E-state index is 14.1. The van der Waals surface area contributed by atoms with Gasteiger partial charge in [-0.15, -0.1) is 0 Å². The molecule has 3 rings (SSSR count). The molecule has 0 aliphatic carbocycles. The topological polar surface area (TPSA) is 46.3 Å². The number of carbonyl (C=O) groups is 1. The summed E-state index contributed by atoms with van der Waals surface area (Å²) in [5.41, 5.74) is 7.26. The minimum absolute atomic E-state index is 0.0219. The highest BCUT2D eigenvalue weighted by Gasteiger charge is 2.25. The molecule has 1 aliphatic heterocycles. The maximum Gasteiger partial charge on any atom is 0.253 e. The molecule has 2 aromatic rings. The lowest BCUT2D eigenvalue weighted by molar-refractivity contribution is 0.0997. The number of halogens is 2. The first-order valence-electron chi connectivity index (χ1n) is 7.65. The second-order valence-corrected chi connectivity index (χ2v) is 6.73. The molecule has 3 nitrogen and oxygen atoms in total. The zero-order valence-electron chi connectivity index (χ0n) is 12.6. The van der Waals surface area contributed by atoms with Gasteiger partial charge in [0.15, 0.2) is 0 Å². The summed E-state index contributed by atoms with van der Waals surface area (Å²) in [5, 5.41) is 0. The van der Waals surface area contributed by atoms with E-state index in [2.05, 4.69) is 40.2 Å². The summed E-state index contributed by atoms with van der Waals surface area (Å²) < 4.78 is 14.7. The Kier molecular flexibility index (Phi) is 4.66. The van der Waals surface area contributed by atoms with Crippen molar-refractivity contribution in [1.29, 1.82) is 0 Å². The minimum atomic E-state index is -0.727. The molecule has 0 saturated carbocycles. The number of benzene rings is 2. The van der Waals surface area contributed by atoms with Crippen molar-refractivity contribution in [2.75, 3.05) is 18.0 Å². The van der Waals surface area contributed by atoms with Crippen LogP contribution in [-0.4, -0.2) is 19.0 Å². The van der Waals surface area contributed by atoms with Gasteiger partial charge in [-0.25, -0.2) is 4.39 Å². The number of anilines is 1. The molecule has 120 valence electrons. The van der Waals surface area contributed by atoms with Crippen LogP contribution in [-0.2, 0) is 0 Å². The molecule has 2 N–H and O–H groups in total. The van der Waals surface area contributed by atoms with Gasteiger partial charge in [0.2, 0.25) is 0 Å². The Labute approximate surface area is 143 Å². The predicted octanol–water partition coefficient (Wildman–Crippen LogP) is 4.07. The van der Waals surface area contributed by atoms with E-state index < -0.39 is 11.7 Å². The fraction of sp³-hybridized carbons (Fsp3) is 0.278. The van der Waals surface area contributed by atoms with Crippen molar-refractivity contribution in [2.24, 2.45) is 5.73 Å². The number of hydrogen-bond donors (Lipinski definition) is 1. The molecule has 0 aromatic heterocycles. The third-order valence-corrected chi connectivity index (χ3v) is 4.85. The minimum Gasteiger partial charge on any atom is -0.371 e. The number of piperidine rings is 1. The number of hydrogen-bond acceptors (Lipinski definition) is 2. The van der Waals surface area contributed by atoms with Crippen molar-refractivity contribution in [2.45, 2.75) is 18.8 Å².